The van der Waals surface area contributed by atoms with E-state index in [0.717, 1.165) is 12.1 Å². The molecule has 0 atom stereocenters. The predicted molar refractivity (Wildman–Crippen MR) is 75.6 cm³/mol. The molecule has 2 rings (SSSR count). The Labute approximate surface area is 128 Å². The number of aromatic hydroxyl groups is 2. The zero-order valence-electron chi connectivity index (χ0n) is 11.8. The maximum atomic E-state index is 12.2. The molecule has 0 fully saturated rings. The minimum atomic E-state index is -4.84. The monoisotopic (exact) mass is 327 g/mol. The molecular weight excluding hydrogens is 315 g/mol. The summed E-state index contributed by atoms with van der Waals surface area (Å²) in [5.74, 6) is -2.36. The van der Waals surface area contributed by atoms with Gasteiger partial charge in [0.25, 0.3) is 5.91 Å². The van der Waals surface area contributed by atoms with E-state index < -0.39 is 29.5 Å². The van der Waals surface area contributed by atoms with E-state index >= 15 is 0 Å². The average Bonchev–Trinajstić information content (AvgIpc) is 2.41. The van der Waals surface area contributed by atoms with Crippen LogP contribution in [-0.2, 0) is 0 Å². The van der Waals surface area contributed by atoms with Crippen LogP contribution in [0.5, 0.6) is 17.2 Å². The number of ether oxygens (including phenoxy) is 1. The van der Waals surface area contributed by atoms with Crippen LogP contribution in [0.2, 0.25) is 0 Å². The zero-order chi connectivity index (χ0) is 17.2. The molecular formula is C15H12F3NO4. The lowest BCUT2D eigenvalue weighted by Gasteiger charge is -2.12. The Morgan fingerprint density at radius 3 is 2.52 bits per heavy atom. The fraction of sp³-hybridized carbons (Fsp3) is 0.133. The quantitative estimate of drug-likeness (QED) is 0.753. The number of nitrogens with one attached hydrogen (secondary N) is 1. The minimum Gasteiger partial charge on any atom is -0.504 e. The van der Waals surface area contributed by atoms with E-state index in [1.54, 1.807) is 6.92 Å². The molecule has 0 saturated carbocycles. The van der Waals surface area contributed by atoms with Crippen LogP contribution < -0.4 is 10.1 Å². The number of alkyl halides is 3. The number of halogens is 3. The second-order valence-corrected chi connectivity index (χ2v) is 4.71. The van der Waals surface area contributed by atoms with Crippen molar-refractivity contribution < 1.29 is 32.9 Å². The number of carbonyl (C=O) groups excluding carboxylic acids is 1. The zero-order valence-corrected chi connectivity index (χ0v) is 11.8. The van der Waals surface area contributed by atoms with Gasteiger partial charge in [-0.2, -0.15) is 0 Å². The van der Waals surface area contributed by atoms with Gasteiger partial charge in [0.15, 0.2) is 11.5 Å². The van der Waals surface area contributed by atoms with Gasteiger partial charge in [0, 0.05) is 11.8 Å². The maximum Gasteiger partial charge on any atom is 0.573 e. The van der Waals surface area contributed by atoms with Crippen molar-refractivity contribution in [2.75, 3.05) is 5.32 Å². The molecule has 2 aromatic carbocycles. The van der Waals surface area contributed by atoms with Gasteiger partial charge in [0.05, 0.1) is 5.56 Å². The second-order valence-electron chi connectivity index (χ2n) is 4.71. The number of phenols is 2. The molecule has 0 unspecified atom stereocenters. The third-order valence-electron chi connectivity index (χ3n) is 2.80. The first-order chi connectivity index (χ1) is 10.7. The lowest BCUT2D eigenvalue weighted by atomic mass is 10.1. The average molecular weight is 327 g/mol. The summed E-state index contributed by atoms with van der Waals surface area (Å²) in [6, 6.07) is 7.29. The molecule has 0 radical (unpaired) electrons. The lowest BCUT2D eigenvalue weighted by Crippen LogP contribution is -2.17. The van der Waals surface area contributed by atoms with Crippen molar-refractivity contribution in [3.8, 4) is 17.2 Å². The molecule has 0 aliphatic heterocycles. The SMILES string of the molecule is Cc1cc(O)c(O)c(C(=O)Nc2cccc(OC(F)(F)F)c2)c1. The van der Waals surface area contributed by atoms with Crippen LogP contribution in [0.4, 0.5) is 18.9 Å². The van der Waals surface area contributed by atoms with Gasteiger partial charge < -0.3 is 20.3 Å². The number of carbonyl (C=O) groups is 1. The molecule has 3 N–H and O–H groups in total. The highest BCUT2D eigenvalue weighted by molar-refractivity contribution is 6.06. The van der Waals surface area contributed by atoms with Gasteiger partial charge >= 0.3 is 6.36 Å². The summed E-state index contributed by atoms with van der Waals surface area (Å²) in [6.45, 7) is 1.60. The first kappa shape index (κ1) is 16.5. The maximum absolute atomic E-state index is 12.2. The Hall–Kier alpha value is -2.90. The Morgan fingerprint density at radius 2 is 1.87 bits per heavy atom. The van der Waals surface area contributed by atoms with E-state index in [-0.39, 0.29) is 11.3 Å². The molecule has 0 aliphatic rings. The van der Waals surface area contributed by atoms with Crippen LogP contribution in [0.3, 0.4) is 0 Å². The van der Waals surface area contributed by atoms with Gasteiger partial charge in [0.1, 0.15) is 5.75 Å². The second kappa shape index (κ2) is 6.07. The summed E-state index contributed by atoms with van der Waals surface area (Å²) in [5.41, 5.74) is 0.362. The molecule has 23 heavy (non-hydrogen) atoms. The van der Waals surface area contributed by atoms with E-state index in [1.165, 1.54) is 24.3 Å². The Bertz CT molecular complexity index is 744. The third-order valence-corrected chi connectivity index (χ3v) is 2.80. The molecule has 1 amide bonds. The van der Waals surface area contributed by atoms with Crippen molar-refractivity contribution in [2.24, 2.45) is 0 Å². The molecule has 0 aliphatic carbocycles. The van der Waals surface area contributed by atoms with Crippen molar-refractivity contribution >= 4 is 11.6 Å². The van der Waals surface area contributed by atoms with Gasteiger partial charge in [-0.1, -0.05) is 6.07 Å². The predicted octanol–water partition coefficient (Wildman–Crippen LogP) is 3.56. The summed E-state index contributed by atoms with van der Waals surface area (Å²) in [5, 5.41) is 21.5. The van der Waals surface area contributed by atoms with E-state index in [4.69, 9.17) is 0 Å². The molecule has 5 nitrogen and oxygen atoms in total. The highest BCUT2D eigenvalue weighted by Crippen LogP contribution is 2.31. The fourth-order valence-corrected chi connectivity index (χ4v) is 1.90. The third kappa shape index (κ3) is 4.29. The highest BCUT2D eigenvalue weighted by atomic mass is 19.4. The molecule has 8 heteroatoms. The number of aryl methyl sites for hydroxylation is 1. The van der Waals surface area contributed by atoms with Crippen LogP contribution in [0.25, 0.3) is 0 Å². The first-order valence-electron chi connectivity index (χ1n) is 6.35. The van der Waals surface area contributed by atoms with Gasteiger partial charge in [-0.3, -0.25) is 4.79 Å². The topological polar surface area (TPSA) is 78.8 Å². The van der Waals surface area contributed by atoms with Gasteiger partial charge in [-0.25, -0.2) is 0 Å². The molecule has 0 aromatic heterocycles. The van der Waals surface area contributed by atoms with Crippen LogP contribution in [-0.4, -0.2) is 22.5 Å². The van der Waals surface area contributed by atoms with Crippen molar-refractivity contribution in [3.05, 3.63) is 47.5 Å². The van der Waals surface area contributed by atoms with Crippen LogP contribution in [0.15, 0.2) is 36.4 Å². The van der Waals surface area contributed by atoms with Crippen LogP contribution >= 0.6 is 0 Å². The number of amides is 1. The van der Waals surface area contributed by atoms with Gasteiger partial charge in [-0.05, 0) is 36.8 Å². The first-order valence-corrected chi connectivity index (χ1v) is 6.35. The summed E-state index contributed by atoms with van der Waals surface area (Å²) in [7, 11) is 0. The molecule has 2 aromatic rings. The molecule has 0 bridgehead atoms. The van der Waals surface area contributed by atoms with E-state index in [2.05, 4.69) is 10.1 Å². The number of hydrogen-bond acceptors (Lipinski definition) is 4. The van der Waals surface area contributed by atoms with Crippen molar-refractivity contribution in [3.63, 3.8) is 0 Å². The molecule has 0 heterocycles. The van der Waals surface area contributed by atoms with Gasteiger partial charge in [0.2, 0.25) is 0 Å². The summed E-state index contributed by atoms with van der Waals surface area (Å²) >= 11 is 0. The fourth-order valence-electron chi connectivity index (χ4n) is 1.90. The van der Waals surface area contributed by atoms with E-state index in [1.807, 2.05) is 0 Å². The van der Waals surface area contributed by atoms with Crippen LogP contribution in [0.1, 0.15) is 15.9 Å². The summed E-state index contributed by atoms with van der Waals surface area (Å²) < 4.78 is 40.3. The number of benzene rings is 2. The van der Waals surface area contributed by atoms with E-state index in [0.29, 0.717) is 5.56 Å². The summed E-state index contributed by atoms with van der Waals surface area (Å²) in [4.78, 5) is 12.1. The van der Waals surface area contributed by atoms with Crippen LogP contribution in [0, 0.1) is 6.92 Å². The van der Waals surface area contributed by atoms with Gasteiger partial charge in [-0.15, -0.1) is 13.2 Å². The van der Waals surface area contributed by atoms with E-state index in [9.17, 15) is 28.2 Å². The number of anilines is 1. The van der Waals surface area contributed by atoms with Crippen molar-refractivity contribution in [1.29, 1.82) is 0 Å². The Kier molecular flexibility index (Phi) is 4.35. The standard InChI is InChI=1S/C15H12F3NO4/c1-8-5-11(13(21)12(20)6-8)14(22)19-9-3-2-4-10(7-9)23-15(16,17)18/h2-7,20-21H,1H3,(H,19,22). The Balaban J connectivity index is 2.23. The minimum absolute atomic E-state index is 0.0390. The largest absolute Gasteiger partial charge is 0.573 e. The molecule has 122 valence electrons. The summed E-state index contributed by atoms with van der Waals surface area (Å²) in [6.07, 6.45) is -4.84. The highest BCUT2D eigenvalue weighted by Gasteiger charge is 2.31. The van der Waals surface area contributed by atoms with Crippen molar-refractivity contribution in [1.82, 2.24) is 0 Å². The number of phenolic OH excluding ortho intramolecular Hbond substituents is 2. The molecule has 0 spiro atoms. The number of hydrogen-bond donors (Lipinski definition) is 3. The smallest absolute Gasteiger partial charge is 0.504 e. The number of rotatable bonds is 3. The molecule has 0 saturated heterocycles. The van der Waals surface area contributed by atoms with Crippen molar-refractivity contribution in [2.45, 2.75) is 13.3 Å². The normalized spacial score (nSPS) is 11.1. The Morgan fingerprint density at radius 1 is 1.17 bits per heavy atom. The lowest BCUT2D eigenvalue weighted by molar-refractivity contribution is -0.274.